The first-order valence-electron chi connectivity index (χ1n) is 11.2. The van der Waals surface area contributed by atoms with Crippen LogP contribution in [0.25, 0.3) is 0 Å². The second-order valence-electron chi connectivity index (χ2n) is 8.55. The molecule has 0 spiro atoms. The van der Waals surface area contributed by atoms with Crippen LogP contribution in [-0.2, 0) is 22.7 Å². The highest BCUT2D eigenvalue weighted by atomic mass is 19.1. The van der Waals surface area contributed by atoms with E-state index in [2.05, 4.69) is 11.0 Å². The average Bonchev–Trinajstić information content (AvgIpc) is 2.82. The summed E-state index contributed by atoms with van der Waals surface area (Å²) in [6.07, 6.45) is 0.899. The van der Waals surface area contributed by atoms with Gasteiger partial charge in [0.15, 0.2) is 0 Å². The molecule has 2 aromatic carbocycles. The number of methoxy groups -OCH3 is 1. The molecule has 170 valence electrons. The number of piperazine rings is 1. The van der Waals surface area contributed by atoms with Gasteiger partial charge in [0.25, 0.3) is 0 Å². The van der Waals surface area contributed by atoms with E-state index >= 15 is 0 Å². The first kappa shape index (κ1) is 22.3. The van der Waals surface area contributed by atoms with E-state index in [1.165, 1.54) is 11.6 Å². The number of nitrogens with zero attached hydrogens (tertiary/aromatic N) is 3. The zero-order valence-electron chi connectivity index (χ0n) is 18.5. The van der Waals surface area contributed by atoms with E-state index in [9.17, 15) is 14.0 Å². The molecule has 1 atom stereocenters. The molecule has 6 nitrogen and oxygen atoms in total. The van der Waals surface area contributed by atoms with E-state index in [1.54, 1.807) is 30.2 Å². The van der Waals surface area contributed by atoms with Gasteiger partial charge in [-0.25, -0.2) is 4.39 Å². The van der Waals surface area contributed by atoms with Gasteiger partial charge in [0.05, 0.1) is 13.0 Å². The molecule has 2 saturated heterocycles. The van der Waals surface area contributed by atoms with Crippen LogP contribution in [0.5, 0.6) is 5.75 Å². The van der Waals surface area contributed by atoms with Gasteiger partial charge in [0.1, 0.15) is 11.6 Å². The van der Waals surface area contributed by atoms with Crippen LogP contribution in [-0.4, -0.2) is 66.3 Å². The summed E-state index contributed by atoms with van der Waals surface area (Å²) in [5, 5.41) is 0. The second kappa shape index (κ2) is 10.1. The first-order valence-corrected chi connectivity index (χ1v) is 11.2. The summed E-state index contributed by atoms with van der Waals surface area (Å²) >= 11 is 0. The Kier molecular flexibility index (Phi) is 7.05. The predicted octanol–water partition coefficient (Wildman–Crippen LogP) is 2.92. The topological polar surface area (TPSA) is 53.1 Å². The number of carbonyl (C=O) groups excluding carboxylic acids is 2. The molecule has 2 aliphatic rings. The maximum Gasteiger partial charge on any atom is 0.227 e. The molecule has 0 bridgehead atoms. The van der Waals surface area contributed by atoms with Crippen molar-refractivity contribution in [3.8, 4) is 5.75 Å². The summed E-state index contributed by atoms with van der Waals surface area (Å²) in [6, 6.07) is 14.5. The monoisotopic (exact) mass is 439 g/mol. The van der Waals surface area contributed by atoms with Gasteiger partial charge in [-0.1, -0.05) is 30.3 Å². The van der Waals surface area contributed by atoms with Gasteiger partial charge in [-0.3, -0.25) is 14.5 Å². The molecule has 0 radical (unpaired) electrons. The maximum atomic E-state index is 14.0. The van der Waals surface area contributed by atoms with Crippen molar-refractivity contribution in [3.05, 3.63) is 65.5 Å². The van der Waals surface area contributed by atoms with Crippen molar-refractivity contribution >= 4 is 11.8 Å². The van der Waals surface area contributed by atoms with Gasteiger partial charge < -0.3 is 14.5 Å². The smallest absolute Gasteiger partial charge is 0.227 e. The van der Waals surface area contributed by atoms with Crippen LogP contribution in [0.3, 0.4) is 0 Å². The number of amides is 2. The van der Waals surface area contributed by atoms with Crippen molar-refractivity contribution in [2.45, 2.75) is 25.9 Å². The molecule has 0 saturated carbocycles. The molecule has 2 amide bonds. The zero-order valence-corrected chi connectivity index (χ0v) is 18.5. The van der Waals surface area contributed by atoms with E-state index < -0.39 is 0 Å². The number of likely N-dealkylation sites (tertiary alicyclic amines) is 1. The summed E-state index contributed by atoms with van der Waals surface area (Å²) in [5.41, 5.74) is 1.68. The third-order valence-electron chi connectivity index (χ3n) is 6.39. The van der Waals surface area contributed by atoms with Crippen molar-refractivity contribution in [1.82, 2.24) is 14.7 Å². The molecule has 7 heteroatoms. The Morgan fingerprint density at radius 3 is 2.59 bits per heavy atom. The summed E-state index contributed by atoms with van der Waals surface area (Å²) in [7, 11) is 1.67. The van der Waals surface area contributed by atoms with Crippen LogP contribution in [0.1, 0.15) is 24.0 Å². The zero-order chi connectivity index (χ0) is 22.5. The third kappa shape index (κ3) is 5.27. The average molecular weight is 440 g/mol. The van der Waals surface area contributed by atoms with Crippen LogP contribution in [0.15, 0.2) is 48.5 Å². The van der Waals surface area contributed by atoms with Crippen LogP contribution in [0, 0.1) is 11.7 Å². The van der Waals surface area contributed by atoms with Crippen molar-refractivity contribution < 1.29 is 18.7 Å². The molecule has 2 aliphatic heterocycles. The Morgan fingerprint density at radius 2 is 1.84 bits per heavy atom. The Hall–Kier alpha value is -2.93. The van der Waals surface area contributed by atoms with Gasteiger partial charge in [-0.2, -0.15) is 0 Å². The van der Waals surface area contributed by atoms with Gasteiger partial charge in [0.2, 0.25) is 11.8 Å². The van der Waals surface area contributed by atoms with Crippen molar-refractivity contribution in [2.24, 2.45) is 5.92 Å². The number of halogens is 1. The van der Waals surface area contributed by atoms with E-state index in [0.29, 0.717) is 38.0 Å². The molecular formula is C25H30FN3O3. The predicted molar refractivity (Wildman–Crippen MR) is 119 cm³/mol. The minimum absolute atomic E-state index is 0.0135. The van der Waals surface area contributed by atoms with Gasteiger partial charge in [-0.15, -0.1) is 0 Å². The number of ether oxygens (including phenoxy) is 1. The van der Waals surface area contributed by atoms with Crippen LogP contribution in [0.4, 0.5) is 4.39 Å². The minimum Gasteiger partial charge on any atom is -0.497 e. The molecule has 0 unspecified atom stereocenters. The fraction of sp³-hybridized carbons (Fsp3) is 0.440. The fourth-order valence-electron chi connectivity index (χ4n) is 4.52. The largest absolute Gasteiger partial charge is 0.497 e. The lowest BCUT2D eigenvalue weighted by Crippen LogP contribution is -2.52. The molecule has 4 rings (SSSR count). The van der Waals surface area contributed by atoms with E-state index in [0.717, 1.165) is 25.4 Å². The maximum absolute atomic E-state index is 14.0. The molecule has 2 heterocycles. The van der Waals surface area contributed by atoms with Gasteiger partial charge in [-0.05, 0) is 30.2 Å². The van der Waals surface area contributed by atoms with Crippen molar-refractivity contribution in [2.75, 3.05) is 39.8 Å². The Balaban J connectivity index is 1.30. The molecule has 32 heavy (non-hydrogen) atoms. The highest BCUT2D eigenvalue weighted by Gasteiger charge is 2.34. The third-order valence-corrected chi connectivity index (χ3v) is 6.39. The molecule has 0 aromatic heterocycles. The van der Waals surface area contributed by atoms with Crippen molar-refractivity contribution in [3.63, 3.8) is 0 Å². The Bertz CT molecular complexity index is 959. The van der Waals surface area contributed by atoms with Crippen LogP contribution in [0.2, 0.25) is 0 Å². The Labute approximate surface area is 188 Å². The second-order valence-corrected chi connectivity index (χ2v) is 8.55. The number of hydrogen-bond donors (Lipinski definition) is 0. The highest BCUT2D eigenvalue weighted by Crippen LogP contribution is 2.23. The Morgan fingerprint density at radius 1 is 1.06 bits per heavy atom. The lowest BCUT2D eigenvalue weighted by molar-refractivity contribution is -0.144. The molecule has 0 aliphatic carbocycles. The molecule has 2 fully saturated rings. The number of carbonyl (C=O) groups is 2. The fourth-order valence-corrected chi connectivity index (χ4v) is 4.52. The normalized spacial score (nSPS) is 19.8. The molecular weight excluding hydrogens is 409 g/mol. The van der Waals surface area contributed by atoms with Crippen LogP contribution >= 0.6 is 0 Å². The number of rotatable bonds is 6. The minimum atomic E-state index is -0.319. The number of benzene rings is 2. The van der Waals surface area contributed by atoms with E-state index in [-0.39, 0.29) is 30.1 Å². The van der Waals surface area contributed by atoms with Crippen LogP contribution < -0.4 is 4.74 Å². The standard InChI is InChI=1S/C25H30FN3O3/c1-32-22-7-4-5-19(15-22)16-27-11-13-28(14-12-27)25(31)21-9-10-24(30)29(18-21)17-20-6-2-3-8-23(20)26/h2-8,15,21H,9-14,16-18H2,1H3/t21-/m1/s1. The quantitative estimate of drug-likeness (QED) is 0.695. The molecule has 0 N–H and O–H groups in total. The molecule has 2 aromatic rings. The summed E-state index contributed by atoms with van der Waals surface area (Å²) in [6.45, 7) is 4.38. The van der Waals surface area contributed by atoms with E-state index in [4.69, 9.17) is 4.74 Å². The first-order chi connectivity index (χ1) is 15.5. The summed E-state index contributed by atoms with van der Waals surface area (Å²) in [4.78, 5) is 31.4. The van der Waals surface area contributed by atoms with Gasteiger partial charge >= 0.3 is 0 Å². The highest BCUT2D eigenvalue weighted by molar-refractivity contribution is 5.84. The summed E-state index contributed by atoms with van der Waals surface area (Å²) in [5.74, 6) is 0.408. The lowest BCUT2D eigenvalue weighted by Gasteiger charge is -2.39. The number of piperidine rings is 1. The van der Waals surface area contributed by atoms with Crippen molar-refractivity contribution in [1.29, 1.82) is 0 Å². The van der Waals surface area contributed by atoms with Gasteiger partial charge in [0, 0.05) is 57.8 Å². The SMILES string of the molecule is COc1cccc(CN2CCN(C(=O)[C@@H]3CCC(=O)N(Cc4ccccc4F)C3)CC2)c1. The number of hydrogen-bond acceptors (Lipinski definition) is 4. The summed E-state index contributed by atoms with van der Waals surface area (Å²) < 4.78 is 19.3. The lowest BCUT2D eigenvalue weighted by atomic mass is 9.95. The van der Waals surface area contributed by atoms with E-state index in [1.807, 2.05) is 23.1 Å².